The zero-order valence-electron chi connectivity index (χ0n) is 13.4. The van der Waals surface area contributed by atoms with E-state index < -0.39 is 6.10 Å². The van der Waals surface area contributed by atoms with Crippen LogP contribution in [0.15, 0.2) is 48.5 Å². The third-order valence-corrected chi connectivity index (χ3v) is 3.70. The van der Waals surface area contributed by atoms with Crippen molar-refractivity contribution in [3.05, 3.63) is 64.7 Å². The first-order chi connectivity index (χ1) is 11.1. The zero-order valence-corrected chi connectivity index (χ0v) is 14.2. The average molecular weight is 333 g/mol. The van der Waals surface area contributed by atoms with E-state index >= 15 is 0 Å². The lowest BCUT2D eigenvalue weighted by atomic mass is 10.1. The van der Waals surface area contributed by atoms with E-state index in [9.17, 15) is 4.79 Å². The van der Waals surface area contributed by atoms with Gasteiger partial charge in [0.2, 0.25) is 0 Å². The maximum atomic E-state index is 11.8. The van der Waals surface area contributed by atoms with Gasteiger partial charge in [0.25, 0.3) is 0 Å². The molecule has 2 aromatic carbocycles. The molecule has 0 fully saturated rings. The number of esters is 1. The molecule has 0 radical (unpaired) electrons. The number of carbonyl (C=O) groups is 1. The molecule has 1 unspecified atom stereocenters. The van der Waals surface area contributed by atoms with E-state index in [0.29, 0.717) is 18.8 Å². The maximum Gasteiger partial charge on any atom is 0.347 e. The topological polar surface area (TPSA) is 35.5 Å². The number of ether oxygens (including phenoxy) is 2. The van der Waals surface area contributed by atoms with Crippen molar-refractivity contribution in [2.24, 2.45) is 0 Å². The first-order valence-electron chi connectivity index (χ1n) is 7.79. The fourth-order valence-electron chi connectivity index (χ4n) is 2.22. The molecule has 0 aromatic heterocycles. The van der Waals surface area contributed by atoms with Crippen LogP contribution in [0.3, 0.4) is 0 Å². The van der Waals surface area contributed by atoms with Gasteiger partial charge in [0, 0.05) is 5.02 Å². The van der Waals surface area contributed by atoms with Gasteiger partial charge in [0.05, 0.1) is 6.61 Å². The lowest BCUT2D eigenvalue weighted by Gasteiger charge is -2.16. The third-order valence-electron chi connectivity index (χ3n) is 3.44. The van der Waals surface area contributed by atoms with Gasteiger partial charge in [-0.05, 0) is 55.2 Å². The molecule has 2 rings (SSSR count). The van der Waals surface area contributed by atoms with Crippen molar-refractivity contribution in [2.75, 3.05) is 6.61 Å². The van der Waals surface area contributed by atoms with Gasteiger partial charge < -0.3 is 9.47 Å². The summed E-state index contributed by atoms with van der Waals surface area (Å²) < 4.78 is 10.7. The highest BCUT2D eigenvalue weighted by molar-refractivity contribution is 6.30. The second kappa shape index (κ2) is 8.59. The third kappa shape index (κ3) is 5.29. The van der Waals surface area contributed by atoms with Gasteiger partial charge in [0.1, 0.15) is 5.75 Å². The molecule has 3 nitrogen and oxygen atoms in total. The van der Waals surface area contributed by atoms with E-state index in [4.69, 9.17) is 21.1 Å². The molecule has 0 saturated heterocycles. The summed E-state index contributed by atoms with van der Waals surface area (Å²) >= 11 is 5.89. The van der Waals surface area contributed by atoms with Gasteiger partial charge in [0.15, 0.2) is 6.10 Å². The Hall–Kier alpha value is -2.00. The zero-order chi connectivity index (χ0) is 16.7. The minimum Gasteiger partial charge on any atom is -0.479 e. The van der Waals surface area contributed by atoms with Crippen molar-refractivity contribution < 1.29 is 14.3 Å². The molecular formula is C19H21ClO3. The van der Waals surface area contributed by atoms with Crippen LogP contribution in [0.5, 0.6) is 5.75 Å². The van der Waals surface area contributed by atoms with E-state index in [1.165, 1.54) is 11.1 Å². The molecule has 0 aliphatic rings. The summed E-state index contributed by atoms with van der Waals surface area (Å²) in [5.74, 6) is 0.352. The normalized spacial score (nSPS) is 11.8. The molecule has 0 N–H and O–H groups in total. The molecule has 0 aliphatic heterocycles. The van der Waals surface area contributed by atoms with Crippen molar-refractivity contribution in [1.82, 2.24) is 0 Å². The summed E-state index contributed by atoms with van der Waals surface area (Å²) in [4.78, 5) is 11.8. The number of hydrogen-bond donors (Lipinski definition) is 0. The Morgan fingerprint density at radius 2 is 1.57 bits per heavy atom. The Kier molecular flexibility index (Phi) is 6.48. The SMILES string of the molecule is CCOC(=O)C(CC)Oc1ccc(Cc2ccc(Cl)cc2)cc1. The first kappa shape index (κ1) is 17.4. The van der Waals surface area contributed by atoms with Crippen molar-refractivity contribution in [3.63, 3.8) is 0 Å². The predicted molar refractivity (Wildman–Crippen MR) is 92.0 cm³/mol. The van der Waals surface area contributed by atoms with E-state index in [0.717, 1.165) is 11.4 Å². The van der Waals surface area contributed by atoms with Crippen LogP contribution >= 0.6 is 11.6 Å². The lowest BCUT2D eigenvalue weighted by molar-refractivity contribution is -0.151. The Labute approximate surface area is 142 Å². The highest BCUT2D eigenvalue weighted by Gasteiger charge is 2.19. The molecule has 23 heavy (non-hydrogen) atoms. The van der Waals surface area contributed by atoms with Crippen molar-refractivity contribution in [3.8, 4) is 5.75 Å². The fraction of sp³-hybridized carbons (Fsp3) is 0.316. The van der Waals surface area contributed by atoms with Crippen LogP contribution in [0, 0.1) is 0 Å². The molecule has 4 heteroatoms. The van der Waals surface area contributed by atoms with Crippen molar-refractivity contribution in [2.45, 2.75) is 32.8 Å². The Morgan fingerprint density at radius 3 is 2.09 bits per heavy atom. The predicted octanol–water partition coefficient (Wildman–Crippen LogP) is 4.65. The summed E-state index contributed by atoms with van der Waals surface area (Å²) in [7, 11) is 0. The smallest absolute Gasteiger partial charge is 0.347 e. The minimum atomic E-state index is -0.558. The number of halogens is 1. The van der Waals surface area contributed by atoms with Gasteiger partial charge in [-0.15, -0.1) is 0 Å². The molecule has 0 bridgehead atoms. The average Bonchev–Trinajstić information content (AvgIpc) is 2.56. The van der Waals surface area contributed by atoms with Crippen LogP contribution in [0.2, 0.25) is 5.02 Å². The lowest BCUT2D eigenvalue weighted by Crippen LogP contribution is -2.28. The minimum absolute atomic E-state index is 0.319. The van der Waals surface area contributed by atoms with Crippen LogP contribution < -0.4 is 4.74 Å². The van der Waals surface area contributed by atoms with Gasteiger partial charge in [-0.25, -0.2) is 4.79 Å². The summed E-state index contributed by atoms with van der Waals surface area (Å²) in [6.45, 7) is 4.05. The largest absolute Gasteiger partial charge is 0.479 e. The van der Waals surface area contributed by atoms with Crippen LogP contribution in [0.25, 0.3) is 0 Å². The second-order valence-electron chi connectivity index (χ2n) is 5.21. The Balaban J connectivity index is 1.98. The fourth-order valence-corrected chi connectivity index (χ4v) is 2.35. The quantitative estimate of drug-likeness (QED) is 0.692. The Morgan fingerprint density at radius 1 is 1.00 bits per heavy atom. The van der Waals surface area contributed by atoms with Crippen LogP contribution in [0.1, 0.15) is 31.4 Å². The van der Waals surface area contributed by atoms with Crippen LogP contribution in [-0.2, 0) is 16.0 Å². The van der Waals surface area contributed by atoms with Gasteiger partial charge in [-0.1, -0.05) is 42.8 Å². The summed E-state index contributed by atoms with van der Waals surface area (Å²) in [5.41, 5.74) is 2.37. The van der Waals surface area contributed by atoms with Gasteiger partial charge >= 0.3 is 5.97 Å². The number of rotatable bonds is 7. The molecule has 0 heterocycles. The second-order valence-corrected chi connectivity index (χ2v) is 5.65. The molecule has 122 valence electrons. The molecule has 1 atom stereocenters. The van der Waals surface area contributed by atoms with Crippen molar-refractivity contribution >= 4 is 17.6 Å². The monoisotopic (exact) mass is 332 g/mol. The van der Waals surface area contributed by atoms with Gasteiger partial charge in [-0.2, -0.15) is 0 Å². The van der Waals surface area contributed by atoms with E-state index in [1.807, 2.05) is 55.5 Å². The van der Waals surface area contributed by atoms with E-state index in [2.05, 4.69) is 0 Å². The van der Waals surface area contributed by atoms with Crippen LogP contribution in [-0.4, -0.2) is 18.7 Å². The summed E-state index contributed by atoms with van der Waals surface area (Å²) in [5, 5.41) is 0.738. The number of carbonyl (C=O) groups excluding carboxylic acids is 1. The molecule has 0 saturated carbocycles. The standard InChI is InChI=1S/C19H21ClO3/c1-3-18(19(21)22-4-2)23-17-11-7-15(8-12-17)13-14-5-9-16(20)10-6-14/h5-12,18H,3-4,13H2,1-2H3. The summed E-state index contributed by atoms with van der Waals surface area (Å²) in [6.07, 6.45) is 0.842. The molecular weight excluding hydrogens is 312 g/mol. The van der Waals surface area contributed by atoms with Crippen LogP contribution in [0.4, 0.5) is 0 Å². The van der Waals surface area contributed by atoms with Crippen molar-refractivity contribution in [1.29, 1.82) is 0 Å². The first-order valence-corrected chi connectivity index (χ1v) is 8.16. The number of benzene rings is 2. The van der Waals surface area contributed by atoms with E-state index in [1.54, 1.807) is 6.92 Å². The van der Waals surface area contributed by atoms with E-state index in [-0.39, 0.29) is 5.97 Å². The number of hydrogen-bond acceptors (Lipinski definition) is 3. The molecule has 0 aliphatic carbocycles. The maximum absolute atomic E-state index is 11.8. The Bertz CT molecular complexity index is 620. The van der Waals surface area contributed by atoms with Gasteiger partial charge in [-0.3, -0.25) is 0 Å². The molecule has 0 amide bonds. The summed E-state index contributed by atoms with van der Waals surface area (Å²) in [6, 6.07) is 15.6. The highest BCUT2D eigenvalue weighted by atomic mass is 35.5. The molecule has 0 spiro atoms. The highest BCUT2D eigenvalue weighted by Crippen LogP contribution is 2.18. The molecule has 2 aromatic rings.